The zero-order valence-corrected chi connectivity index (χ0v) is 9.08. The summed E-state index contributed by atoms with van der Waals surface area (Å²) < 4.78 is 42.6. The van der Waals surface area contributed by atoms with Gasteiger partial charge in [-0.2, -0.15) is 13.2 Å². The molecule has 17 heavy (non-hydrogen) atoms. The van der Waals surface area contributed by atoms with Crippen LogP contribution in [0, 0.1) is 0 Å². The number of benzene rings is 1. The lowest BCUT2D eigenvalue weighted by Gasteiger charge is -2.05. The first kappa shape index (κ1) is 12.0. The highest BCUT2D eigenvalue weighted by Crippen LogP contribution is 2.32. The third-order valence-corrected chi connectivity index (χ3v) is 2.40. The normalized spacial score (nSPS) is 14.2. The highest BCUT2D eigenvalue weighted by molar-refractivity contribution is 5.78. The molecule has 0 bridgehead atoms. The Balaban J connectivity index is 2.41. The number of rotatable bonds is 2. The second-order valence-electron chi connectivity index (χ2n) is 4.02. The zero-order valence-electron chi connectivity index (χ0n) is 9.08. The van der Waals surface area contributed by atoms with Crippen molar-refractivity contribution in [2.75, 3.05) is 0 Å². The maximum Gasteiger partial charge on any atom is 0.416 e. The first-order chi connectivity index (χ1) is 7.86. The molecule has 2 nitrogen and oxygen atoms in total. The molecule has 1 heterocycles. The summed E-state index contributed by atoms with van der Waals surface area (Å²) in [5.41, 5.74) is -0.543. The van der Waals surface area contributed by atoms with Crippen LogP contribution in [0.15, 0.2) is 28.7 Å². The molecular formula is C12H11F3O2. The zero-order chi connectivity index (χ0) is 12.6. The van der Waals surface area contributed by atoms with E-state index >= 15 is 0 Å². The number of hydrogen-bond acceptors (Lipinski definition) is 2. The van der Waals surface area contributed by atoms with Crippen LogP contribution in [0.1, 0.15) is 18.2 Å². The van der Waals surface area contributed by atoms with Crippen LogP contribution < -0.4 is 0 Å². The molecule has 92 valence electrons. The minimum atomic E-state index is -4.37. The van der Waals surface area contributed by atoms with Crippen LogP contribution in [-0.4, -0.2) is 11.2 Å². The van der Waals surface area contributed by atoms with Gasteiger partial charge in [0, 0.05) is 11.8 Å². The van der Waals surface area contributed by atoms with E-state index in [0.717, 1.165) is 12.1 Å². The second-order valence-corrected chi connectivity index (χ2v) is 4.02. The Morgan fingerprint density at radius 2 is 2.00 bits per heavy atom. The van der Waals surface area contributed by atoms with E-state index in [1.807, 2.05) is 0 Å². The van der Waals surface area contributed by atoms with Crippen LogP contribution in [-0.2, 0) is 12.6 Å². The lowest BCUT2D eigenvalue weighted by molar-refractivity contribution is -0.137. The Labute approximate surface area is 95.7 Å². The van der Waals surface area contributed by atoms with Crippen LogP contribution in [0.25, 0.3) is 11.0 Å². The van der Waals surface area contributed by atoms with Gasteiger partial charge in [-0.25, -0.2) is 0 Å². The average Bonchev–Trinajstić information content (AvgIpc) is 2.55. The van der Waals surface area contributed by atoms with Gasteiger partial charge in [0.1, 0.15) is 11.3 Å². The quantitative estimate of drug-likeness (QED) is 0.878. The number of alkyl halides is 3. The van der Waals surface area contributed by atoms with E-state index in [1.165, 1.54) is 6.07 Å². The van der Waals surface area contributed by atoms with Crippen LogP contribution in [0.5, 0.6) is 0 Å². The molecule has 2 rings (SSSR count). The summed E-state index contributed by atoms with van der Waals surface area (Å²) in [6.45, 7) is 1.59. The van der Waals surface area contributed by atoms with E-state index in [-0.39, 0.29) is 12.0 Å². The number of furan rings is 1. The summed E-state index contributed by atoms with van der Waals surface area (Å²) in [4.78, 5) is 0. The van der Waals surface area contributed by atoms with Crippen molar-refractivity contribution in [3.05, 3.63) is 35.6 Å². The van der Waals surface area contributed by atoms with Crippen molar-refractivity contribution in [1.29, 1.82) is 0 Å². The Morgan fingerprint density at radius 1 is 1.29 bits per heavy atom. The molecule has 1 aromatic carbocycles. The van der Waals surface area contributed by atoms with E-state index < -0.39 is 17.8 Å². The minimum absolute atomic E-state index is 0.190. The van der Waals surface area contributed by atoms with Crippen molar-refractivity contribution in [1.82, 2.24) is 0 Å². The fraction of sp³-hybridized carbons (Fsp3) is 0.333. The predicted octanol–water partition coefficient (Wildman–Crippen LogP) is 3.37. The Hall–Kier alpha value is -1.49. The largest absolute Gasteiger partial charge is 0.461 e. The highest BCUT2D eigenvalue weighted by Gasteiger charge is 2.30. The highest BCUT2D eigenvalue weighted by atomic mass is 19.4. The van der Waals surface area contributed by atoms with Gasteiger partial charge in [0.05, 0.1) is 11.7 Å². The molecule has 5 heteroatoms. The molecule has 0 spiro atoms. The average molecular weight is 244 g/mol. The van der Waals surface area contributed by atoms with Crippen LogP contribution in [0.4, 0.5) is 13.2 Å². The molecule has 0 aliphatic rings. The first-order valence-corrected chi connectivity index (χ1v) is 5.14. The molecule has 1 atom stereocenters. The molecule has 0 saturated carbocycles. The van der Waals surface area contributed by atoms with Crippen molar-refractivity contribution < 1.29 is 22.7 Å². The molecule has 0 aliphatic carbocycles. The third-order valence-electron chi connectivity index (χ3n) is 2.40. The summed E-state index contributed by atoms with van der Waals surface area (Å²) in [5.74, 6) is 0.481. The van der Waals surface area contributed by atoms with E-state index in [2.05, 4.69) is 0 Å². The molecule has 0 radical (unpaired) electrons. The number of aliphatic hydroxyl groups excluding tert-OH is 1. The van der Waals surface area contributed by atoms with Gasteiger partial charge in [-0.3, -0.25) is 0 Å². The van der Waals surface area contributed by atoms with E-state index in [9.17, 15) is 18.3 Å². The number of fused-ring (bicyclic) bond motifs is 1. The molecule has 1 aromatic heterocycles. The van der Waals surface area contributed by atoms with Crippen LogP contribution in [0.2, 0.25) is 0 Å². The Bertz CT molecular complexity index is 526. The van der Waals surface area contributed by atoms with Crippen LogP contribution in [0.3, 0.4) is 0 Å². The van der Waals surface area contributed by atoms with Gasteiger partial charge in [-0.1, -0.05) is 6.07 Å². The van der Waals surface area contributed by atoms with Gasteiger partial charge >= 0.3 is 6.18 Å². The maximum atomic E-state index is 12.5. The molecule has 1 N–H and O–H groups in total. The number of aliphatic hydroxyl groups is 1. The second kappa shape index (κ2) is 4.07. The Morgan fingerprint density at radius 3 is 2.59 bits per heavy atom. The van der Waals surface area contributed by atoms with Crippen molar-refractivity contribution in [2.45, 2.75) is 25.6 Å². The molecule has 0 saturated heterocycles. The topological polar surface area (TPSA) is 33.4 Å². The lowest BCUT2D eigenvalue weighted by Crippen LogP contribution is -2.03. The molecular weight excluding hydrogens is 233 g/mol. The maximum absolute atomic E-state index is 12.5. The SMILES string of the molecule is CC(O)Cc1cc2ccc(C(F)(F)F)cc2o1. The molecule has 0 amide bonds. The molecule has 0 aliphatic heterocycles. The first-order valence-electron chi connectivity index (χ1n) is 5.14. The molecule has 1 unspecified atom stereocenters. The fourth-order valence-electron chi connectivity index (χ4n) is 1.65. The van der Waals surface area contributed by atoms with Crippen LogP contribution >= 0.6 is 0 Å². The third kappa shape index (κ3) is 2.61. The number of halogens is 3. The van der Waals surface area contributed by atoms with Crippen molar-refractivity contribution in [3.63, 3.8) is 0 Å². The van der Waals surface area contributed by atoms with E-state index in [1.54, 1.807) is 13.0 Å². The summed E-state index contributed by atoms with van der Waals surface area (Å²) >= 11 is 0. The predicted molar refractivity (Wildman–Crippen MR) is 56.6 cm³/mol. The van der Waals surface area contributed by atoms with Crippen molar-refractivity contribution in [3.8, 4) is 0 Å². The fourth-order valence-corrected chi connectivity index (χ4v) is 1.65. The summed E-state index contributed by atoms with van der Waals surface area (Å²) in [6, 6.07) is 5.00. The van der Waals surface area contributed by atoms with Gasteiger partial charge in [0.15, 0.2) is 0 Å². The van der Waals surface area contributed by atoms with Gasteiger partial charge in [-0.05, 0) is 25.1 Å². The summed E-state index contributed by atoms with van der Waals surface area (Å²) in [7, 11) is 0. The Kier molecular flexibility index (Phi) is 2.87. The lowest BCUT2D eigenvalue weighted by atomic mass is 10.1. The van der Waals surface area contributed by atoms with Crippen molar-refractivity contribution >= 4 is 11.0 Å². The standard InChI is InChI=1S/C12H11F3O2/c1-7(16)4-10-5-8-2-3-9(12(13,14)15)6-11(8)17-10/h2-3,5-7,16H,4H2,1H3. The van der Waals surface area contributed by atoms with Gasteiger partial charge in [-0.15, -0.1) is 0 Å². The van der Waals surface area contributed by atoms with Crippen molar-refractivity contribution in [2.24, 2.45) is 0 Å². The van der Waals surface area contributed by atoms with Gasteiger partial charge in [0.2, 0.25) is 0 Å². The van der Waals surface area contributed by atoms with Gasteiger partial charge in [0.25, 0.3) is 0 Å². The van der Waals surface area contributed by atoms with Gasteiger partial charge < -0.3 is 9.52 Å². The van der Waals surface area contributed by atoms with E-state index in [4.69, 9.17) is 4.42 Å². The molecule has 2 aromatic rings. The summed E-state index contributed by atoms with van der Waals surface area (Å²) in [6.07, 6.45) is -4.67. The minimum Gasteiger partial charge on any atom is -0.461 e. The number of hydrogen-bond donors (Lipinski definition) is 1. The molecule has 0 fully saturated rings. The van der Waals surface area contributed by atoms with E-state index in [0.29, 0.717) is 11.1 Å². The summed E-state index contributed by atoms with van der Waals surface area (Å²) in [5, 5.41) is 9.78. The monoisotopic (exact) mass is 244 g/mol. The smallest absolute Gasteiger partial charge is 0.416 e.